The average Bonchev–Trinajstić information content (AvgIpc) is 2.75. The van der Waals surface area contributed by atoms with E-state index in [4.69, 9.17) is 9.47 Å². The molecule has 0 aromatic heterocycles. The Balaban J connectivity index is 2.15. The van der Waals surface area contributed by atoms with Crippen molar-refractivity contribution in [3.63, 3.8) is 0 Å². The summed E-state index contributed by atoms with van der Waals surface area (Å²) in [5, 5.41) is 9.71. The maximum atomic E-state index is 13.5. The number of nitrogens with zero attached hydrogens (tertiary/aromatic N) is 2. The van der Waals surface area contributed by atoms with Gasteiger partial charge in [0.1, 0.15) is 22.5 Å². The van der Waals surface area contributed by atoms with Crippen molar-refractivity contribution in [3.8, 4) is 22.6 Å². The third kappa shape index (κ3) is 5.03. The zero-order chi connectivity index (χ0) is 22.8. The molecule has 8 heteroatoms. The first kappa shape index (κ1) is 23.5. The highest BCUT2D eigenvalue weighted by Crippen LogP contribution is 2.37. The molecule has 0 amide bonds. The van der Waals surface area contributed by atoms with Gasteiger partial charge in [0.15, 0.2) is 0 Å². The van der Waals surface area contributed by atoms with E-state index in [1.807, 2.05) is 50.2 Å². The lowest BCUT2D eigenvalue weighted by Crippen LogP contribution is -2.49. The summed E-state index contributed by atoms with van der Waals surface area (Å²) in [6, 6.07) is 12.2. The lowest BCUT2D eigenvalue weighted by atomic mass is 10.0. The largest absolute Gasteiger partial charge is 0.497 e. The van der Waals surface area contributed by atoms with Crippen LogP contribution in [0.2, 0.25) is 0 Å². The summed E-state index contributed by atoms with van der Waals surface area (Å²) in [6.07, 6.45) is -0.210. The van der Waals surface area contributed by atoms with Crippen molar-refractivity contribution < 1.29 is 23.0 Å². The molecular weight excluding hydrogens is 416 g/mol. The van der Waals surface area contributed by atoms with E-state index in [1.54, 1.807) is 32.2 Å². The number of sulfonamides is 1. The lowest BCUT2D eigenvalue weighted by molar-refractivity contribution is 0.0813. The van der Waals surface area contributed by atoms with Crippen molar-refractivity contribution in [2.75, 3.05) is 40.9 Å². The molecule has 170 valence electrons. The molecule has 1 N–H and O–H groups in total. The van der Waals surface area contributed by atoms with E-state index in [2.05, 4.69) is 0 Å². The maximum Gasteiger partial charge on any atom is 0.247 e. The number of fused-ring (bicyclic) bond motifs is 1. The summed E-state index contributed by atoms with van der Waals surface area (Å²) in [4.78, 5) is 2.15. The summed E-state index contributed by atoms with van der Waals surface area (Å²) in [7, 11) is 1.70. The highest BCUT2D eigenvalue weighted by molar-refractivity contribution is 7.89. The van der Waals surface area contributed by atoms with Crippen molar-refractivity contribution in [2.45, 2.75) is 30.9 Å². The standard InChI is InChI=1S/C23H32N2O5S/c1-16-13-25(17(2)15-26)31(27,28)23-10-9-19(18-7-6-8-20(11-18)29-5)12-21(23)30-22(16)14-24(3)4/h6-12,16-17,22,26H,13-15H2,1-5H3/t16-,17+,22+/m0/s1. The Labute approximate surface area is 185 Å². The molecule has 2 aromatic rings. The summed E-state index contributed by atoms with van der Waals surface area (Å²) in [5.74, 6) is 0.980. The zero-order valence-corrected chi connectivity index (χ0v) is 19.6. The number of hydrogen-bond acceptors (Lipinski definition) is 6. The van der Waals surface area contributed by atoms with E-state index in [-0.39, 0.29) is 30.1 Å². The first-order valence-corrected chi connectivity index (χ1v) is 11.8. The summed E-state index contributed by atoms with van der Waals surface area (Å²) in [6.45, 7) is 4.38. The fourth-order valence-corrected chi connectivity index (χ4v) is 5.61. The second kappa shape index (κ2) is 9.56. The molecule has 1 aliphatic heterocycles. The molecule has 31 heavy (non-hydrogen) atoms. The second-order valence-electron chi connectivity index (χ2n) is 8.40. The molecule has 3 rings (SSSR count). The smallest absolute Gasteiger partial charge is 0.247 e. The maximum absolute atomic E-state index is 13.5. The third-order valence-corrected chi connectivity index (χ3v) is 7.63. The van der Waals surface area contributed by atoms with E-state index in [0.29, 0.717) is 12.3 Å². The van der Waals surface area contributed by atoms with Gasteiger partial charge in [-0.15, -0.1) is 0 Å². The van der Waals surface area contributed by atoms with Gasteiger partial charge >= 0.3 is 0 Å². The van der Waals surface area contributed by atoms with Crippen molar-refractivity contribution in [2.24, 2.45) is 5.92 Å². The first-order valence-electron chi connectivity index (χ1n) is 10.4. The molecule has 3 atom stereocenters. The number of aliphatic hydroxyl groups is 1. The number of aliphatic hydroxyl groups excluding tert-OH is 1. The minimum atomic E-state index is -3.84. The number of benzene rings is 2. The van der Waals surface area contributed by atoms with E-state index in [9.17, 15) is 13.5 Å². The van der Waals surface area contributed by atoms with Gasteiger partial charge in [0.05, 0.1) is 13.7 Å². The molecule has 0 saturated heterocycles. The van der Waals surface area contributed by atoms with Crippen LogP contribution in [0.4, 0.5) is 0 Å². The van der Waals surface area contributed by atoms with Crippen LogP contribution in [0.5, 0.6) is 11.5 Å². The Hall–Kier alpha value is -2.13. The van der Waals surface area contributed by atoms with E-state index < -0.39 is 16.1 Å². The second-order valence-corrected chi connectivity index (χ2v) is 10.3. The predicted octanol–water partition coefficient (Wildman–Crippen LogP) is 2.69. The fraction of sp³-hybridized carbons (Fsp3) is 0.478. The Kier molecular flexibility index (Phi) is 7.26. The molecule has 0 unspecified atom stereocenters. The summed E-state index contributed by atoms with van der Waals surface area (Å²) in [5.41, 5.74) is 1.74. The topological polar surface area (TPSA) is 79.3 Å². The van der Waals surface area contributed by atoms with E-state index in [0.717, 1.165) is 16.9 Å². The number of rotatable bonds is 6. The number of likely N-dealkylation sites (N-methyl/N-ethyl adjacent to an activating group) is 1. The quantitative estimate of drug-likeness (QED) is 0.732. The summed E-state index contributed by atoms with van der Waals surface area (Å²) < 4.78 is 40.1. The van der Waals surface area contributed by atoms with Gasteiger partial charge in [0, 0.05) is 25.0 Å². The lowest BCUT2D eigenvalue weighted by Gasteiger charge is -2.37. The van der Waals surface area contributed by atoms with Gasteiger partial charge in [0.2, 0.25) is 10.0 Å². The molecule has 0 fully saturated rings. The summed E-state index contributed by atoms with van der Waals surface area (Å²) >= 11 is 0. The van der Waals surface area contributed by atoms with Crippen molar-refractivity contribution in [1.29, 1.82) is 0 Å². The van der Waals surface area contributed by atoms with Gasteiger partial charge in [-0.1, -0.05) is 25.1 Å². The van der Waals surface area contributed by atoms with Crippen LogP contribution in [0.25, 0.3) is 11.1 Å². The van der Waals surface area contributed by atoms with Gasteiger partial charge in [0.25, 0.3) is 0 Å². The van der Waals surface area contributed by atoms with Gasteiger partial charge in [-0.2, -0.15) is 4.31 Å². The minimum Gasteiger partial charge on any atom is -0.497 e. The molecule has 0 saturated carbocycles. The molecule has 7 nitrogen and oxygen atoms in total. The fourth-order valence-electron chi connectivity index (χ4n) is 3.79. The SMILES string of the molecule is COc1cccc(-c2ccc3c(c2)O[C@H](CN(C)C)[C@@H](C)CN([C@H](C)CO)S3(=O)=O)c1. The van der Waals surface area contributed by atoms with Gasteiger partial charge in [-0.3, -0.25) is 0 Å². The molecule has 1 heterocycles. The Morgan fingerprint density at radius 1 is 1.23 bits per heavy atom. The monoisotopic (exact) mass is 448 g/mol. The van der Waals surface area contributed by atoms with E-state index in [1.165, 1.54) is 4.31 Å². The van der Waals surface area contributed by atoms with Crippen LogP contribution >= 0.6 is 0 Å². The van der Waals surface area contributed by atoms with Crippen LogP contribution in [-0.2, 0) is 10.0 Å². The molecule has 1 aliphatic rings. The number of methoxy groups -OCH3 is 1. The highest BCUT2D eigenvalue weighted by atomic mass is 32.2. The molecule has 0 spiro atoms. The van der Waals surface area contributed by atoms with E-state index >= 15 is 0 Å². The molecule has 2 aromatic carbocycles. The van der Waals surface area contributed by atoms with Crippen LogP contribution in [0.15, 0.2) is 47.4 Å². The predicted molar refractivity (Wildman–Crippen MR) is 121 cm³/mol. The Bertz CT molecular complexity index is 1010. The van der Waals surface area contributed by atoms with Gasteiger partial charge in [-0.05, 0) is 56.4 Å². The Morgan fingerprint density at radius 2 is 1.94 bits per heavy atom. The van der Waals surface area contributed by atoms with Crippen molar-refractivity contribution in [1.82, 2.24) is 9.21 Å². The number of hydrogen-bond donors (Lipinski definition) is 1. The van der Waals surface area contributed by atoms with Crippen molar-refractivity contribution >= 4 is 10.0 Å². The molecular formula is C23H32N2O5S. The highest BCUT2D eigenvalue weighted by Gasteiger charge is 2.37. The van der Waals surface area contributed by atoms with Crippen LogP contribution < -0.4 is 9.47 Å². The zero-order valence-electron chi connectivity index (χ0n) is 18.8. The molecule has 0 aliphatic carbocycles. The molecule has 0 bridgehead atoms. The van der Waals surface area contributed by atoms with Crippen LogP contribution in [0.1, 0.15) is 13.8 Å². The van der Waals surface area contributed by atoms with Crippen LogP contribution in [0, 0.1) is 5.92 Å². The molecule has 0 radical (unpaired) electrons. The normalized spacial score (nSPS) is 22.2. The third-order valence-electron chi connectivity index (χ3n) is 5.62. The van der Waals surface area contributed by atoms with Gasteiger partial charge in [-0.25, -0.2) is 8.42 Å². The van der Waals surface area contributed by atoms with Crippen molar-refractivity contribution in [3.05, 3.63) is 42.5 Å². The van der Waals surface area contributed by atoms with Gasteiger partial charge < -0.3 is 19.5 Å². The first-order chi connectivity index (χ1) is 14.7. The van der Waals surface area contributed by atoms with Crippen LogP contribution in [-0.4, -0.2) is 75.8 Å². The average molecular weight is 449 g/mol. The minimum absolute atomic E-state index is 0.0696. The number of ether oxygens (including phenoxy) is 2. The van der Waals surface area contributed by atoms with Crippen LogP contribution in [0.3, 0.4) is 0 Å². The Morgan fingerprint density at radius 3 is 2.58 bits per heavy atom.